The second-order valence-corrected chi connectivity index (χ2v) is 5.01. The third-order valence-corrected chi connectivity index (χ3v) is 3.24. The van der Waals surface area contributed by atoms with Gasteiger partial charge in [-0.25, -0.2) is 9.18 Å². The standard InChI is InChI=1S/C17H14BrFO3/c1-21-16-11-12(3-2-10-18)4-9-15(16)22-17(20)13-5-7-14(19)8-6-13/h2-9,11H,10H2,1H3. The molecule has 0 amide bonds. The Labute approximate surface area is 136 Å². The number of carbonyl (C=O) groups is 1. The van der Waals surface area contributed by atoms with Crippen LogP contribution in [0.4, 0.5) is 4.39 Å². The van der Waals surface area contributed by atoms with Gasteiger partial charge < -0.3 is 9.47 Å². The van der Waals surface area contributed by atoms with Crippen LogP contribution in [0.15, 0.2) is 48.5 Å². The van der Waals surface area contributed by atoms with Gasteiger partial charge in [-0.05, 0) is 42.0 Å². The molecule has 114 valence electrons. The molecular weight excluding hydrogens is 351 g/mol. The van der Waals surface area contributed by atoms with Crippen molar-refractivity contribution in [2.24, 2.45) is 0 Å². The van der Waals surface area contributed by atoms with E-state index >= 15 is 0 Å². The Morgan fingerprint density at radius 2 is 1.91 bits per heavy atom. The first-order valence-electron chi connectivity index (χ1n) is 6.52. The average Bonchev–Trinajstić information content (AvgIpc) is 2.54. The van der Waals surface area contributed by atoms with E-state index in [1.807, 2.05) is 18.2 Å². The van der Waals surface area contributed by atoms with Gasteiger partial charge in [0, 0.05) is 5.33 Å². The maximum absolute atomic E-state index is 12.9. The van der Waals surface area contributed by atoms with Gasteiger partial charge in [0.25, 0.3) is 0 Å². The molecule has 0 spiro atoms. The highest BCUT2D eigenvalue weighted by molar-refractivity contribution is 9.09. The van der Waals surface area contributed by atoms with Crippen LogP contribution in [0, 0.1) is 5.82 Å². The molecule has 3 nitrogen and oxygen atoms in total. The van der Waals surface area contributed by atoms with Gasteiger partial charge in [0.2, 0.25) is 0 Å². The Morgan fingerprint density at radius 3 is 2.55 bits per heavy atom. The fourth-order valence-electron chi connectivity index (χ4n) is 1.80. The summed E-state index contributed by atoms with van der Waals surface area (Å²) in [6.07, 6.45) is 3.86. The predicted octanol–water partition coefficient (Wildman–Crippen LogP) is 4.46. The van der Waals surface area contributed by atoms with E-state index in [9.17, 15) is 9.18 Å². The minimum Gasteiger partial charge on any atom is -0.493 e. The lowest BCUT2D eigenvalue weighted by Crippen LogP contribution is -2.09. The molecule has 0 atom stereocenters. The number of hydrogen-bond acceptors (Lipinski definition) is 3. The molecule has 0 aliphatic heterocycles. The van der Waals surface area contributed by atoms with E-state index in [1.54, 1.807) is 12.1 Å². The van der Waals surface area contributed by atoms with Gasteiger partial charge >= 0.3 is 5.97 Å². The number of rotatable bonds is 5. The van der Waals surface area contributed by atoms with Crippen molar-refractivity contribution in [3.63, 3.8) is 0 Å². The fraction of sp³-hybridized carbons (Fsp3) is 0.118. The number of hydrogen-bond donors (Lipinski definition) is 0. The van der Waals surface area contributed by atoms with Crippen LogP contribution in [-0.4, -0.2) is 18.4 Å². The molecular formula is C17H14BrFO3. The largest absolute Gasteiger partial charge is 0.493 e. The highest BCUT2D eigenvalue weighted by Crippen LogP contribution is 2.29. The van der Waals surface area contributed by atoms with Crippen molar-refractivity contribution in [3.05, 3.63) is 65.5 Å². The second kappa shape index (κ2) is 7.75. The maximum Gasteiger partial charge on any atom is 0.343 e. The number of methoxy groups -OCH3 is 1. The van der Waals surface area contributed by atoms with Crippen LogP contribution in [0.3, 0.4) is 0 Å². The molecule has 0 saturated carbocycles. The number of carbonyl (C=O) groups excluding carboxylic acids is 1. The highest BCUT2D eigenvalue weighted by Gasteiger charge is 2.12. The first-order chi connectivity index (χ1) is 10.6. The van der Waals surface area contributed by atoms with E-state index in [4.69, 9.17) is 9.47 Å². The number of allylic oxidation sites excluding steroid dienone is 1. The predicted molar refractivity (Wildman–Crippen MR) is 87.2 cm³/mol. The summed E-state index contributed by atoms with van der Waals surface area (Å²) in [5.41, 5.74) is 1.20. The van der Waals surface area contributed by atoms with Crippen molar-refractivity contribution >= 4 is 28.0 Å². The Hall–Kier alpha value is -2.14. The Bertz CT molecular complexity index is 681. The summed E-state index contributed by atoms with van der Waals surface area (Å²) in [5.74, 6) is -0.209. The summed E-state index contributed by atoms with van der Waals surface area (Å²) in [7, 11) is 1.50. The van der Waals surface area contributed by atoms with Crippen molar-refractivity contribution in [3.8, 4) is 11.5 Å². The minimum atomic E-state index is -0.568. The molecule has 0 radical (unpaired) electrons. The fourth-order valence-corrected chi connectivity index (χ4v) is 1.98. The average molecular weight is 365 g/mol. The quantitative estimate of drug-likeness (QED) is 0.446. The molecule has 0 aliphatic rings. The molecule has 0 aromatic heterocycles. The molecule has 0 N–H and O–H groups in total. The number of benzene rings is 2. The summed E-state index contributed by atoms with van der Waals surface area (Å²) in [6, 6.07) is 10.4. The summed E-state index contributed by atoms with van der Waals surface area (Å²) in [5, 5.41) is 0.747. The van der Waals surface area contributed by atoms with Gasteiger partial charge in [0.1, 0.15) is 5.82 Å². The maximum atomic E-state index is 12.9. The summed E-state index contributed by atoms with van der Waals surface area (Å²) >= 11 is 3.31. The Balaban J connectivity index is 2.19. The first kappa shape index (κ1) is 16.2. The van der Waals surface area contributed by atoms with Crippen LogP contribution in [0.25, 0.3) is 6.08 Å². The topological polar surface area (TPSA) is 35.5 Å². The molecule has 2 rings (SSSR count). The molecule has 0 heterocycles. The van der Waals surface area contributed by atoms with Crippen LogP contribution in [-0.2, 0) is 0 Å². The van der Waals surface area contributed by atoms with Crippen LogP contribution < -0.4 is 9.47 Å². The number of esters is 1. The van der Waals surface area contributed by atoms with Gasteiger partial charge in [-0.3, -0.25) is 0 Å². The molecule has 5 heteroatoms. The van der Waals surface area contributed by atoms with Crippen LogP contribution in [0.1, 0.15) is 15.9 Å². The van der Waals surface area contributed by atoms with E-state index in [0.717, 1.165) is 10.9 Å². The third-order valence-electron chi connectivity index (χ3n) is 2.87. The SMILES string of the molecule is COc1cc(C=CCBr)ccc1OC(=O)c1ccc(F)cc1. The molecule has 0 saturated heterocycles. The van der Waals surface area contributed by atoms with Crippen molar-refractivity contribution in [1.82, 2.24) is 0 Å². The molecule has 0 unspecified atom stereocenters. The van der Waals surface area contributed by atoms with Crippen LogP contribution in [0.2, 0.25) is 0 Å². The highest BCUT2D eigenvalue weighted by atomic mass is 79.9. The van der Waals surface area contributed by atoms with E-state index in [2.05, 4.69) is 15.9 Å². The van der Waals surface area contributed by atoms with Gasteiger partial charge in [-0.15, -0.1) is 0 Å². The summed E-state index contributed by atoms with van der Waals surface area (Å²) < 4.78 is 23.4. The van der Waals surface area contributed by atoms with Crippen molar-refractivity contribution in [2.75, 3.05) is 12.4 Å². The van der Waals surface area contributed by atoms with E-state index < -0.39 is 11.8 Å². The minimum absolute atomic E-state index is 0.270. The molecule has 0 aliphatic carbocycles. The Morgan fingerprint density at radius 1 is 1.18 bits per heavy atom. The number of ether oxygens (including phenoxy) is 2. The van der Waals surface area contributed by atoms with Gasteiger partial charge in [-0.2, -0.15) is 0 Å². The first-order valence-corrected chi connectivity index (χ1v) is 7.64. The van der Waals surface area contributed by atoms with Gasteiger partial charge in [0.05, 0.1) is 12.7 Å². The molecule has 2 aromatic rings. The monoisotopic (exact) mass is 364 g/mol. The lowest BCUT2D eigenvalue weighted by Gasteiger charge is -2.10. The van der Waals surface area contributed by atoms with Crippen molar-refractivity contribution in [1.29, 1.82) is 0 Å². The zero-order valence-electron chi connectivity index (χ0n) is 11.9. The van der Waals surface area contributed by atoms with E-state index in [0.29, 0.717) is 11.5 Å². The number of alkyl halides is 1. The van der Waals surface area contributed by atoms with Gasteiger partial charge in [-0.1, -0.05) is 34.1 Å². The number of halogens is 2. The normalized spacial score (nSPS) is 10.7. The van der Waals surface area contributed by atoms with Crippen LogP contribution in [0.5, 0.6) is 11.5 Å². The lowest BCUT2D eigenvalue weighted by atomic mass is 10.2. The smallest absolute Gasteiger partial charge is 0.343 e. The van der Waals surface area contributed by atoms with E-state index in [1.165, 1.54) is 31.4 Å². The second-order valence-electron chi connectivity index (χ2n) is 4.36. The molecule has 2 aromatic carbocycles. The van der Waals surface area contributed by atoms with E-state index in [-0.39, 0.29) is 5.56 Å². The zero-order valence-corrected chi connectivity index (χ0v) is 13.5. The Kier molecular flexibility index (Phi) is 5.72. The summed E-state index contributed by atoms with van der Waals surface area (Å²) in [4.78, 5) is 12.0. The molecule has 0 fully saturated rings. The lowest BCUT2D eigenvalue weighted by molar-refractivity contribution is 0.0729. The van der Waals surface area contributed by atoms with Gasteiger partial charge in [0.15, 0.2) is 11.5 Å². The molecule has 22 heavy (non-hydrogen) atoms. The third kappa shape index (κ3) is 4.18. The summed E-state index contributed by atoms with van der Waals surface area (Å²) in [6.45, 7) is 0. The molecule has 0 bridgehead atoms. The van der Waals surface area contributed by atoms with Crippen LogP contribution >= 0.6 is 15.9 Å². The zero-order chi connectivity index (χ0) is 15.9. The van der Waals surface area contributed by atoms with Crippen molar-refractivity contribution in [2.45, 2.75) is 0 Å². The van der Waals surface area contributed by atoms with Crippen molar-refractivity contribution < 1.29 is 18.7 Å².